The van der Waals surface area contributed by atoms with Gasteiger partial charge >= 0.3 is 0 Å². The third-order valence-corrected chi connectivity index (χ3v) is 5.09. The summed E-state index contributed by atoms with van der Waals surface area (Å²) in [4.78, 5) is 9.24. The summed E-state index contributed by atoms with van der Waals surface area (Å²) >= 11 is 0. The Labute approximate surface area is 180 Å². The Bertz CT molecular complexity index is 1460. The summed E-state index contributed by atoms with van der Waals surface area (Å²) in [6, 6.07) is 25.2. The Morgan fingerprint density at radius 2 is 1.58 bits per heavy atom. The van der Waals surface area contributed by atoms with Crippen molar-refractivity contribution in [2.75, 3.05) is 5.73 Å². The highest BCUT2D eigenvalue weighted by atomic mass is 16.5. The highest BCUT2D eigenvalue weighted by molar-refractivity contribution is 6.11. The summed E-state index contributed by atoms with van der Waals surface area (Å²) in [6.07, 6.45) is 1.78. The van der Waals surface area contributed by atoms with E-state index in [0.29, 0.717) is 11.4 Å². The number of hydrogen-bond acceptors (Lipinski definition) is 4. The number of ether oxygens (including phenoxy) is 1. The SMILES string of the molecule is Cc1ccc(N)c2c1ncc1nc(C#Cc3ccc(Oc4ccccc4)cc3)ccc12. The molecule has 148 valence electrons. The lowest BCUT2D eigenvalue weighted by atomic mass is 10.0. The molecule has 0 aliphatic rings. The van der Waals surface area contributed by atoms with E-state index in [-0.39, 0.29) is 0 Å². The maximum Gasteiger partial charge on any atom is 0.127 e. The lowest BCUT2D eigenvalue weighted by Crippen LogP contribution is -1.94. The van der Waals surface area contributed by atoms with Gasteiger partial charge in [0.05, 0.1) is 17.2 Å². The van der Waals surface area contributed by atoms with Crippen LogP contribution in [0.15, 0.2) is 85.1 Å². The van der Waals surface area contributed by atoms with Crippen LogP contribution in [0, 0.1) is 18.8 Å². The second-order valence-electron chi connectivity index (χ2n) is 7.27. The van der Waals surface area contributed by atoms with Gasteiger partial charge in [0, 0.05) is 22.0 Å². The number of para-hydroxylation sites is 1. The molecule has 3 aromatic carbocycles. The molecule has 0 saturated heterocycles. The Balaban J connectivity index is 1.42. The minimum absolute atomic E-state index is 0.685. The first-order valence-corrected chi connectivity index (χ1v) is 9.97. The molecule has 0 aliphatic heterocycles. The molecule has 0 spiro atoms. The number of pyridine rings is 2. The number of rotatable bonds is 2. The van der Waals surface area contributed by atoms with Crippen LogP contribution in [0.5, 0.6) is 11.5 Å². The number of fused-ring (bicyclic) bond motifs is 3. The van der Waals surface area contributed by atoms with Crippen LogP contribution in [-0.2, 0) is 0 Å². The fourth-order valence-corrected chi connectivity index (χ4v) is 3.51. The van der Waals surface area contributed by atoms with Crippen LogP contribution in [0.4, 0.5) is 5.69 Å². The Morgan fingerprint density at radius 3 is 2.39 bits per heavy atom. The first kappa shape index (κ1) is 18.7. The number of benzene rings is 3. The minimum Gasteiger partial charge on any atom is -0.457 e. The molecule has 5 aromatic rings. The van der Waals surface area contributed by atoms with E-state index in [1.54, 1.807) is 6.20 Å². The maximum absolute atomic E-state index is 6.22. The number of aromatic nitrogens is 2. The summed E-state index contributed by atoms with van der Waals surface area (Å²) in [5.74, 6) is 7.87. The molecule has 0 bridgehead atoms. The van der Waals surface area contributed by atoms with Crippen molar-refractivity contribution in [3.8, 4) is 23.3 Å². The van der Waals surface area contributed by atoms with Crippen molar-refractivity contribution in [1.82, 2.24) is 9.97 Å². The van der Waals surface area contributed by atoms with Gasteiger partial charge in [0.25, 0.3) is 0 Å². The van der Waals surface area contributed by atoms with Gasteiger partial charge in [0.15, 0.2) is 0 Å². The van der Waals surface area contributed by atoms with E-state index >= 15 is 0 Å². The molecule has 0 atom stereocenters. The molecule has 31 heavy (non-hydrogen) atoms. The Morgan fingerprint density at radius 1 is 0.806 bits per heavy atom. The van der Waals surface area contributed by atoms with E-state index in [1.807, 2.05) is 85.8 Å². The quantitative estimate of drug-likeness (QED) is 0.228. The average Bonchev–Trinajstić information content (AvgIpc) is 2.81. The molecule has 4 nitrogen and oxygen atoms in total. The normalized spacial score (nSPS) is 10.6. The third-order valence-electron chi connectivity index (χ3n) is 5.09. The van der Waals surface area contributed by atoms with Crippen molar-refractivity contribution >= 4 is 27.5 Å². The zero-order chi connectivity index (χ0) is 21.2. The first-order chi connectivity index (χ1) is 15.2. The van der Waals surface area contributed by atoms with Gasteiger partial charge in [-0.25, -0.2) is 4.98 Å². The average molecular weight is 401 g/mol. The van der Waals surface area contributed by atoms with Gasteiger partial charge in [-0.1, -0.05) is 30.2 Å². The number of nitrogens with zero attached hydrogens (tertiary/aromatic N) is 2. The van der Waals surface area contributed by atoms with Crippen LogP contribution in [-0.4, -0.2) is 9.97 Å². The van der Waals surface area contributed by atoms with Gasteiger partial charge in [-0.3, -0.25) is 4.98 Å². The second kappa shape index (κ2) is 7.81. The van der Waals surface area contributed by atoms with E-state index < -0.39 is 0 Å². The van der Waals surface area contributed by atoms with Crippen LogP contribution in [0.3, 0.4) is 0 Å². The third kappa shape index (κ3) is 3.77. The highest BCUT2D eigenvalue weighted by Gasteiger charge is 2.08. The molecule has 2 N–H and O–H groups in total. The van der Waals surface area contributed by atoms with Gasteiger partial charge < -0.3 is 10.5 Å². The smallest absolute Gasteiger partial charge is 0.127 e. The van der Waals surface area contributed by atoms with Gasteiger partial charge in [0.2, 0.25) is 0 Å². The number of nitrogen functional groups attached to an aromatic ring is 1. The maximum atomic E-state index is 6.22. The van der Waals surface area contributed by atoms with Crippen LogP contribution >= 0.6 is 0 Å². The summed E-state index contributed by atoms with van der Waals surface area (Å²) in [6.45, 7) is 2.03. The molecular formula is C27H19N3O. The van der Waals surface area contributed by atoms with Crippen molar-refractivity contribution in [2.45, 2.75) is 6.92 Å². The lowest BCUT2D eigenvalue weighted by molar-refractivity contribution is 0.482. The second-order valence-corrected chi connectivity index (χ2v) is 7.27. The van der Waals surface area contributed by atoms with Crippen molar-refractivity contribution in [3.63, 3.8) is 0 Å². The van der Waals surface area contributed by atoms with Gasteiger partial charge in [0.1, 0.15) is 17.2 Å². The molecule has 0 saturated carbocycles. The van der Waals surface area contributed by atoms with Crippen LogP contribution in [0.2, 0.25) is 0 Å². The zero-order valence-corrected chi connectivity index (χ0v) is 17.0. The molecule has 2 aromatic heterocycles. The van der Waals surface area contributed by atoms with Crippen LogP contribution < -0.4 is 10.5 Å². The fraction of sp³-hybridized carbons (Fsp3) is 0.0370. The number of nitrogens with two attached hydrogens (primary N) is 1. The molecular weight excluding hydrogens is 382 g/mol. The van der Waals surface area contributed by atoms with E-state index in [0.717, 1.165) is 44.4 Å². The summed E-state index contributed by atoms with van der Waals surface area (Å²) in [5, 5.41) is 1.93. The van der Waals surface area contributed by atoms with Crippen molar-refractivity contribution in [3.05, 3.63) is 102 Å². The molecule has 0 amide bonds. The molecule has 2 heterocycles. The zero-order valence-electron chi connectivity index (χ0n) is 17.0. The largest absolute Gasteiger partial charge is 0.457 e. The van der Waals surface area contributed by atoms with Crippen LogP contribution in [0.25, 0.3) is 21.8 Å². The number of aryl methyl sites for hydroxylation is 1. The Kier molecular flexibility index (Phi) is 4.70. The molecule has 4 heteroatoms. The van der Waals surface area contributed by atoms with E-state index in [9.17, 15) is 0 Å². The summed E-state index contributed by atoms with van der Waals surface area (Å²) < 4.78 is 5.82. The number of anilines is 1. The predicted molar refractivity (Wildman–Crippen MR) is 125 cm³/mol. The van der Waals surface area contributed by atoms with Crippen LogP contribution in [0.1, 0.15) is 16.8 Å². The van der Waals surface area contributed by atoms with Gasteiger partial charge in [-0.05, 0) is 73.0 Å². The summed E-state index contributed by atoms with van der Waals surface area (Å²) in [5.41, 5.74) is 11.3. The molecule has 5 rings (SSSR count). The van der Waals surface area contributed by atoms with E-state index in [1.165, 1.54) is 0 Å². The molecule has 0 radical (unpaired) electrons. The van der Waals surface area contributed by atoms with E-state index in [4.69, 9.17) is 10.5 Å². The van der Waals surface area contributed by atoms with Gasteiger partial charge in [-0.2, -0.15) is 0 Å². The molecule has 0 unspecified atom stereocenters. The summed E-state index contributed by atoms with van der Waals surface area (Å²) in [7, 11) is 0. The minimum atomic E-state index is 0.685. The van der Waals surface area contributed by atoms with Crippen molar-refractivity contribution in [2.24, 2.45) is 0 Å². The van der Waals surface area contributed by atoms with Crippen molar-refractivity contribution in [1.29, 1.82) is 0 Å². The lowest BCUT2D eigenvalue weighted by Gasteiger charge is -2.08. The molecule has 0 aliphatic carbocycles. The number of hydrogen-bond donors (Lipinski definition) is 1. The molecule has 0 fully saturated rings. The standard InChI is InChI=1S/C27H19N3O/c1-18-7-16-24(28)26-23-15-12-20(30-25(23)17-29-27(18)26)11-8-19-9-13-22(14-10-19)31-21-5-3-2-4-6-21/h2-7,9-10,12-17H,28H2,1H3. The predicted octanol–water partition coefficient (Wildman–Crippen LogP) is 5.87. The van der Waals surface area contributed by atoms with Gasteiger partial charge in [-0.15, -0.1) is 0 Å². The first-order valence-electron chi connectivity index (χ1n) is 9.97. The monoisotopic (exact) mass is 401 g/mol. The topological polar surface area (TPSA) is 61.0 Å². The van der Waals surface area contributed by atoms with Crippen molar-refractivity contribution < 1.29 is 4.74 Å². The highest BCUT2D eigenvalue weighted by Crippen LogP contribution is 2.29. The Hall–Kier alpha value is -4.36. The van der Waals surface area contributed by atoms with E-state index in [2.05, 4.69) is 21.8 Å². The fourth-order valence-electron chi connectivity index (χ4n) is 3.51.